The van der Waals surface area contributed by atoms with Gasteiger partial charge in [0.05, 0.1) is 6.10 Å². The van der Waals surface area contributed by atoms with E-state index in [0.717, 1.165) is 11.1 Å². The molecule has 1 atom stereocenters. The zero-order valence-electron chi connectivity index (χ0n) is 8.42. The molecule has 1 aliphatic rings. The van der Waals surface area contributed by atoms with Crippen molar-refractivity contribution in [3.05, 3.63) is 29.3 Å². The molecule has 88 valence electrons. The maximum Gasteiger partial charge on any atom is 0.422 e. The van der Waals surface area contributed by atoms with Crippen molar-refractivity contribution in [2.75, 3.05) is 6.61 Å². The Hall–Kier alpha value is -1.23. The molecule has 2 rings (SSSR count). The smallest absolute Gasteiger partial charge is 0.422 e. The number of hydrogen-bond donors (Lipinski definition) is 1. The molecule has 0 aromatic heterocycles. The highest BCUT2D eigenvalue weighted by atomic mass is 19.4. The summed E-state index contributed by atoms with van der Waals surface area (Å²) in [4.78, 5) is 0. The molecule has 0 saturated heterocycles. The first-order valence-electron chi connectivity index (χ1n) is 4.96. The fraction of sp³-hybridized carbons (Fsp3) is 0.455. The summed E-state index contributed by atoms with van der Waals surface area (Å²) in [7, 11) is 0. The number of hydrogen-bond acceptors (Lipinski definition) is 2. The standard InChI is InChI=1S/C11H11F3O2/c12-11(13,14)6-16-8-2-3-9-7(5-8)1-4-10(9)15/h2-3,5,10,15H,1,4,6H2/t10-/m0/s1. The number of benzene rings is 1. The molecule has 16 heavy (non-hydrogen) atoms. The number of ether oxygens (including phenoxy) is 1. The molecule has 0 fully saturated rings. The first-order valence-corrected chi connectivity index (χ1v) is 4.96. The van der Waals surface area contributed by atoms with Crippen molar-refractivity contribution >= 4 is 0 Å². The molecule has 5 heteroatoms. The van der Waals surface area contributed by atoms with Gasteiger partial charge in [-0.3, -0.25) is 0 Å². The van der Waals surface area contributed by atoms with Crippen molar-refractivity contribution in [2.45, 2.75) is 25.1 Å². The van der Waals surface area contributed by atoms with E-state index in [1.54, 1.807) is 12.1 Å². The van der Waals surface area contributed by atoms with Gasteiger partial charge in [0.15, 0.2) is 6.61 Å². The number of aliphatic hydroxyl groups is 1. The van der Waals surface area contributed by atoms with Crippen LogP contribution in [0.25, 0.3) is 0 Å². The minimum absolute atomic E-state index is 0.199. The van der Waals surface area contributed by atoms with E-state index in [1.807, 2.05) is 0 Å². The van der Waals surface area contributed by atoms with E-state index in [-0.39, 0.29) is 5.75 Å². The zero-order chi connectivity index (χ0) is 11.8. The fourth-order valence-electron chi connectivity index (χ4n) is 1.83. The lowest BCUT2D eigenvalue weighted by atomic mass is 10.1. The summed E-state index contributed by atoms with van der Waals surface area (Å²) >= 11 is 0. The van der Waals surface area contributed by atoms with Crippen molar-refractivity contribution in [2.24, 2.45) is 0 Å². The molecule has 0 saturated carbocycles. The van der Waals surface area contributed by atoms with E-state index in [9.17, 15) is 18.3 Å². The molecular weight excluding hydrogens is 221 g/mol. The maximum absolute atomic E-state index is 11.9. The SMILES string of the molecule is O[C@H]1CCc2cc(OCC(F)(F)F)ccc21. The molecule has 0 spiro atoms. The zero-order valence-corrected chi connectivity index (χ0v) is 8.42. The number of alkyl halides is 3. The second kappa shape index (κ2) is 3.97. The van der Waals surface area contributed by atoms with Crippen LogP contribution < -0.4 is 4.74 Å². The van der Waals surface area contributed by atoms with Gasteiger partial charge in [-0.05, 0) is 36.1 Å². The summed E-state index contributed by atoms with van der Waals surface area (Å²) in [6.45, 7) is -1.28. The predicted octanol–water partition coefficient (Wildman–Crippen LogP) is 2.61. The minimum atomic E-state index is -4.32. The van der Waals surface area contributed by atoms with Gasteiger partial charge < -0.3 is 9.84 Å². The van der Waals surface area contributed by atoms with E-state index in [4.69, 9.17) is 0 Å². The van der Waals surface area contributed by atoms with E-state index in [0.29, 0.717) is 12.8 Å². The highest BCUT2D eigenvalue weighted by Gasteiger charge is 2.28. The summed E-state index contributed by atoms with van der Waals surface area (Å²) in [6, 6.07) is 4.65. The van der Waals surface area contributed by atoms with Crippen LogP contribution in [0.5, 0.6) is 5.75 Å². The van der Waals surface area contributed by atoms with Crippen LogP contribution >= 0.6 is 0 Å². The molecule has 1 aromatic carbocycles. The number of fused-ring (bicyclic) bond motifs is 1. The average molecular weight is 232 g/mol. The Labute approximate surface area is 90.7 Å². The molecule has 0 bridgehead atoms. The van der Waals surface area contributed by atoms with Gasteiger partial charge in [-0.2, -0.15) is 13.2 Å². The maximum atomic E-state index is 11.9. The van der Waals surface area contributed by atoms with Crippen molar-refractivity contribution in [3.63, 3.8) is 0 Å². The fourth-order valence-corrected chi connectivity index (χ4v) is 1.83. The van der Waals surface area contributed by atoms with Crippen LogP contribution in [-0.4, -0.2) is 17.9 Å². The predicted molar refractivity (Wildman–Crippen MR) is 51.3 cm³/mol. The average Bonchev–Trinajstić information content (AvgIpc) is 2.56. The normalized spacial score (nSPS) is 19.6. The van der Waals surface area contributed by atoms with E-state index in [2.05, 4.69) is 4.74 Å². The molecule has 0 amide bonds. The molecular formula is C11H11F3O2. The van der Waals surface area contributed by atoms with Gasteiger partial charge in [-0.25, -0.2) is 0 Å². The largest absolute Gasteiger partial charge is 0.484 e. The lowest BCUT2D eigenvalue weighted by Gasteiger charge is -2.10. The van der Waals surface area contributed by atoms with Crippen LogP contribution in [0.3, 0.4) is 0 Å². The van der Waals surface area contributed by atoms with Crippen molar-refractivity contribution in [1.29, 1.82) is 0 Å². The Kier molecular flexibility index (Phi) is 2.80. The van der Waals surface area contributed by atoms with Crippen LogP contribution in [-0.2, 0) is 6.42 Å². The first-order chi connectivity index (χ1) is 7.46. The van der Waals surface area contributed by atoms with Crippen molar-refractivity contribution in [1.82, 2.24) is 0 Å². The topological polar surface area (TPSA) is 29.5 Å². The summed E-state index contributed by atoms with van der Waals surface area (Å²) in [5.41, 5.74) is 1.66. The van der Waals surface area contributed by atoms with E-state index < -0.39 is 18.9 Å². The van der Waals surface area contributed by atoms with Crippen molar-refractivity contribution in [3.8, 4) is 5.75 Å². The Morgan fingerprint density at radius 2 is 2.12 bits per heavy atom. The van der Waals surface area contributed by atoms with Gasteiger partial charge in [0, 0.05) is 0 Å². The van der Waals surface area contributed by atoms with Gasteiger partial charge in [0.2, 0.25) is 0 Å². The number of rotatable bonds is 2. The third kappa shape index (κ3) is 2.47. The van der Waals surface area contributed by atoms with Crippen LogP contribution in [0, 0.1) is 0 Å². The van der Waals surface area contributed by atoms with E-state index >= 15 is 0 Å². The van der Waals surface area contributed by atoms with Gasteiger partial charge in [0.25, 0.3) is 0 Å². The third-order valence-corrected chi connectivity index (χ3v) is 2.56. The lowest BCUT2D eigenvalue weighted by Crippen LogP contribution is -2.19. The number of halogens is 3. The van der Waals surface area contributed by atoms with Crippen LogP contribution in [0.1, 0.15) is 23.7 Å². The van der Waals surface area contributed by atoms with Gasteiger partial charge in [-0.15, -0.1) is 0 Å². The molecule has 2 nitrogen and oxygen atoms in total. The third-order valence-electron chi connectivity index (χ3n) is 2.56. The Bertz CT molecular complexity index is 387. The lowest BCUT2D eigenvalue weighted by molar-refractivity contribution is -0.153. The monoisotopic (exact) mass is 232 g/mol. The Morgan fingerprint density at radius 1 is 1.38 bits per heavy atom. The highest BCUT2D eigenvalue weighted by molar-refractivity contribution is 5.39. The molecule has 1 N–H and O–H groups in total. The molecule has 0 heterocycles. The molecule has 1 aliphatic carbocycles. The number of aliphatic hydroxyl groups excluding tert-OH is 1. The quantitative estimate of drug-likeness (QED) is 0.849. The summed E-state index contributed by atoms with van der Waals surface area (Å²) < 4.78 is 40.4. The molecule has 0 unspecified atom stereocenters. The number of aryl methyl sites for hydroxylation is 1. The van der Waals surface area contributed by atoms with Crippen LogP contribution in [0.4, 0.5) is 13.2 Å². The summed E-state index contributed by atoms with van der Waals surface area (Å²) in [5, 5.41) is 9.51. The molecule has 1 aromatic rings. The Balaban J connectivity index is 2.08. The molecule has 0 aliphatic heterocycles. The van der Waals surface area contributed by atoms with E-state index in [1.165, 1.54) is 6.07 Å². The van der Waals surface area contributed by atoms with Crippen LogP contribution in [0.2, 0.25) is 0 Å². The molecule has 0 radical (unpaired) electrons. The van der Waals surface area contributed by atoms with Gasteiger partial charge in [0.1, 0.15) is 5.75 Å². The van der Waals surface area contributed by atoms with Gasteiger partial charge in [-0.1, -0.05) is 6.07 Å². The second-order valence-corrected chi connectivity index (χ2v) is 3.82. The summed E-state index contributed by atoms with van der Waals surface area (Å²) in [5.74, 6) is 0.199. The highest BCUT2D eigenvalue weighted by Crippen LogP contribution is 2.33. The van der Waals surface area contributed by atoms with Crippen LogP contribution in [0.15, 0.2) is 18.2 Å². The summed E-state index contributed by atoms with van der Waals surface area (Å²) in [6.07, 6.45) is -3.51. The minimum Gasteiger partial charge on any atom is -0.484 e. The van der Waals surface area contributed by atoms with Gasteiger partial charge >= 0.3 is 6.18 Å². The Morgan fingerprint density at radius 3 is 2.81 bits per heavy atom. The first kappa shape index (κ1) is 11.3. The van der Waals surface area contributed by atoms with Crippen molar-refractivity contribution < 1.29 is 23.0 Å². The second-order valence-electron chi connectivity index (χ2n) is 3.82.